The van der Waals surface area contributed by atoms with Gasteiger partial charge in [0.25, 0.3) is 5.91 Å². The molecule has 0 saturated heterocycles. The summed E-state index contributed by atoms with van der Waals surface area (Å²) in [6, 6.07) is 0. The van der Waals surface area contributed by atoms with E-state index in [2.05, 4.69) is 15.0 Å². The average Bonchev–Trinajstić information content (AvgIpc) is 2.34. The molecular formula is C6H4N4O. The molecule has 0 radical (unpaired) electrons. The van der Waals surface area contributed by atoms with Crippen molar-refractivity contribution in [2.75, 3.05) is 0 Å². The Balaban J connectivity index is 2.54. The van der Waals surface area contributed by atoms with E-state index in [9.17, 15) is 4.79 Å². The van der Waals surface area contributed by atoms with E-state index in [1.807, 2.05) is 0 Å². The van der Waals surface area contributed by atoms with Crippen LogP contribution < -0.4 is 5.73 Å². The fraction of sp³-hybridized carbons (Fsp3) is 0. The van der Waals surface area contributed by atoms with Gasteiger partial charge in [-0.1, -0.05) is 0 Å². The minimum Gasteiger partial charge on any atom is -0.397 e. The third kappa shape index (κ3) is 0.778. The molecule has 1 amide bonds. The van der Waals surface area contributed by atoms with E-state index in [0.29, 0.717) is 17.2 Å². The lowest BCUT2D eigenvalue weighted by atomic mass is 10.2. The monoisotopic (exact) mass is 148 g/mol. The van der Waals surface area contributed by atoms with Gasteiger partial charge in [-0.25, -0.2) is 9.98 Å². The summed E-state index contributed by atoms with van der Waals surface area (Å²) in [6.07, 6.45) is 2.56. The van der Waals surface area contributed by atoms with Crippen molar-refractivity contribution in [1.82, 2.24) is 0 Å². The van der Waals surface area contributed by atoms with Gasteiger partial charge in [0.15, 0.2) is 5.84 Å². The third-order valence-electron chi connectivity index (χ3n) is 1.35. The smallest absolute Gasteiger partial charge is 0.273 e. The Bertz CT molecular complexity index is 348. The second-order valence-corrected chi connectivity index (χ2v) is 2.10. The summed E-state index contributed by atoms with van der Waals surface area (Å²) in [6.45, 7) is 0. The summed E-state index contributed by atoms with van der Waals surface area (Å²) < 4.78 is 0. The van der Waals surface area contributed by atoms with Crippen LogP contribution in [0.2, 0.25) is 0 Å². The Morgan fingerprint density at radius 2 is 2.27 bits per heavy atom. The highest BCUT2D eigenvalue weighted by molar-refractivity contribution is 6.54. The van der Waals surface area contributed by atoms with E-state index in [0.717, 1.165) is 0 Å². The highest BCUT2D eigenvalue weighted by Crippen LogP contribution is 2.06. The van der Waals surface area contributed by atoms with Crippen molar-refractivity contribution in [2.45, 2.75) is 0 Å². The molecule has 2 aliphatic heterocycles. The van der Waals surface area contributed by atoms with Crippen LogP contribution in [0.15, 0.2) is 26.8 Å². The van der Waals surface area contributed by atoms with Crippen LogP contribution in [-0.2, 0) is 4.79 Å². The number of carbonyl (C=O) groups excluding carboxylic acids is 1. The molecule has 0 aliphatic carbocycles. The van der Waals surface area contributed by atoms with Gasteiger partial charge in [-0.3, -0.25) is 4.79 Å². The van der Waals surface area contributed by atoms with Gasteiger partial charge in [-0.05, 0) is 0 Å². The van der Waals surface area contributed by atoms with Gasteiger partial charge in [-0.15, -0.1) is 0 Å². The molecule has 54 valence electrons. The molecular weight excluding hydrogens is 144 g/mol. The molecule has 0 saturated carbocycles. The lowest BCUT2D eigenvalue weighted by molar-refractivity contribution is -0.113. The van der Waals surface area contributed by atoms with Crippen LogP contribution in [0.3, 0.4) is 0 Å². The lowest BCUT2D eigenvalue weighted by Crippen LogP contribution is -2.23. The maximum Gasteiger partial charge on any atom is 0.273 e. The fourth-order valence-electron chi connectivity index (χ4n) is 0.884. The van der Waals surface area contributed by atoms with Gasteiger partial charge >= 0.3 is 0 Å². The molecule has 5 heteroatoms. The minimum absolute atomic E-state index is 0.315. The number of hydrogen-bond acceptors (Lipinski definition) is 4. The van der Waals surface area contributed by atoms with Gasteiger partial charge in [0.2, 0.25) is 0 Å². The molecule has 2 heterocycles. The topological polar surface area (TPSA) is 80.2 Å². The van der Waals surface area contributed by atoms with Crippen molar-refractivity contribution in [3.8, 4) is 0 Å². The number of nitrogens with two attached hydrogens (primary N) is 1. The Morgan fingerprint density at radius 3 is 3.09 bits per heavy atom. The summed E-state index contributed by atoms with van der Waals surface area (Å²) in [7, 11) is 0. The molecule has 2 N–H and O–H groups in total. The maximum absolute atomic E-state index is 10.7. The normalized spacial score (nSPS) is 20.7. The molecule has 0 spiro atoms. The number of rotatable bonds is 0. The molecule has 0 aromatic heterocycles. The van der Waals surface area contributed by atoms with Gasteiger partial charge < -0.3 is 5.73 Å². The number of carbonyl (C=O) groups is 1. The Morgan fingerprint density at radius 1 is 1.45 bits per heavy atom. The van der Waals surface area contributed by atoms with Crippen LogP contribution in [0, 0.1) is 0 Å². The number of fused-ring (bicyclic) bond motifs is 1. The summed E-state index contributed by atoms with van der Waals surface area (Å²) >= 11 is 0. The van der Waals surface area contributed by atoms with E-state index >= 15 is 0 Å². The minimum atomic E-state index is -0.379. The molecule has 5 nitrogen and oxygen atoms in total. The SMILES string of the molecule is NC1=CC(=O)N=C2N=CN=C12. The van der Waals surface area contributed by atoms with Crippen molar-refractivity contribution in [3.63, 3.8) is 0 Å². The second kappa shape index (κ2) is 1.85. The Hall–Kier alpha value is -1.78. The highest BCUT2D eigenvalue weighted by atomic mass is 16.1. The molecule has 2 rings (SSSR count). The van der Waals surface area contributed by atoms with Gasteiger partial charge in [0.05, 0.1) is 5.70 Å². The Kier molecular flexibility index (Phi) is 1.00. The zero-order chi connectivity index (χ0) is 7.84. The van der Waals surface area contributed by atoms with Crippen molar-refractivity contribution in [1.29, 1.82) is 0 Å². The number of amidine groups is 1. The first kappa shape index (κ1) is 5.96. The van der Waals surface area contributed by atoms with E-state index in [1.165, 1.54) is 12.4 Å². The fourth-order valence-corrected chi connectivity index (χ4v) is 0.884. The van der Waals surface area contributed by atoms with Crippen LogP contribution >= 0.6 is 0 Å². The van der Waals surface area contributed by atoms with Crippen molar-refractivity contribution in [2.24, 2.45) is 20.7 Å². The summed E-state index contributed by atoms with van der Waals surface area (Å²) in [5.74, 6) is -0.0644. The number of dihydropyridines is 1. The molecule has 0 aromatic rings. The predicted octanol–water partition coefficient (Wildman–Crippen LogP) is -0.749. The van der Waals surface area contributed by atoms with Crippen molar-refractivity contribution in [3.05, 3.63) is 11.8 Å². The molecule has 11 heavy (non-hydrogen) atoms. The average molecular weight is 148 g/mol. The van der Waals surface area contributed by atoms with E-state index < -0.39 is 0 Å². The number of nitrogens with zero attached hydrogens (tertiary/aromatic N) is 3. The maximum atomic E-state index is 10.7. The highest BCUT2D eigenvalue weighted by Gasteiger charge is 2.20. The quantitative estimate of drug-likeness (QED) is 0.490. The van der Waals surface area contributed by atoms with Crippen LogP contribution in [0.25, 0.3) is 0 Å². The van der Waals surface area contributed by atoms with Crippen LogP contribution in [-0.4, -0.2) is 23.8 Å². The summed E-state index contributed by atoms with van der Waals surface area (Å²) in [4.78, 5) is 21.9. The second-order valence-electron chi connectivity index (χ2n) is 2.10. The molecule has 0 fully saturated rings. The van der Waals surface area contributed by atoms with Crippen LogP contribution in [0.5, 0.6) is 0 Å². The summed E-state index contributed by atoms with van der Waals surface area (Å²) in [5, 5.41) is 0. The van der Waals surface area contributed by atoms with E-state index in [4.69, 9.17) is 5.73 Å². The van der Waals surface area contributed by atoms with Crippen molar-refractivity contribution < 1.29 is 4.79 Å². The molecule has 0 aromatic carbocycles. The number of aliphatic imine (C=N–C) groups is 3. The van der Waals surface area contributed by atoms with Crippen molar-refractivity contribution >= 4 is 23.8 Å². The first-order valence-corrected chi connectivity index (χ1v) is 2.98. The van der Waals surface area contributed by atoms with Gasteiger partial charge in [0, 0.05) is 6.08 Å². The third-order valence-corrected chi connectivity index (χ3v) is 1.35. The van der Waals surface area contributed by atoms with Gasteiger partial charge in [0.1, 0.15) is 12.1 Å². The van der Waals surface area contributed by atoms with E-state index in [-0.39, 0.29) is 5.91 Å². The first-order valence-electron chi connectivity index (χ1n) is 2.98. The number of amides is 1. The van der Waals surface area contributed by atoms with E-state index in [1.54, 1.807) is 0 Å². The number of hydrogen-bond donors (Lipinski definition) is 1. The predicted molar refractivity (Wildman–Crippen MR) is 40.6 cm³/mol. The molecule has 0 atom stereocenters. The van der Waals surface area contributed by atoms with Gasteiger partial charge in [-0.2, -0.15) is 4.99 Å². The molecule has 0 unspecified atom stereocenters. The van der Waals surface area contributed by atoms with Crippen LogP contribution in [0.4, 0.5) is 0 Å². The molecule has 2 aliphatic rings. The lowest BCUT2D eigenvalue weighted by Gasteiger charge is -2.03. The standard InChI is InChI=1S/C6H4N4O/c7-3-1-4(11)10-6-5(3)8-2-9-6/h1-2H,7H2. The van der Waals surface area contributed by atoms with Crippen LogP contribution in [0.1, 0.15) is 0 Å². The first-order chi connectivity index (χ1) is 5.27. The largest absolute Gasteiger partial charge is 0.397 e. The zero-order valence-electron chi connectivity index (χ0n) is 5.48. The summed E-state index contributed by atoms with van der Waals surface area (Å²) in [5.41, 5.74) is 6.28. The zero-order valence-corrected chi connectivity index (χ0v) is 5.48. The molecule has 0 bridgehead atoms. The Labute approximate surface area is 62.1 Å².